The van der Waals surface area contributed by atoms with Crippen LogP contribution in [0.1, 0.15) is 5.56 Å². The van der Waals surface area contributed by atoms with Gasteiger partial charge < -0.3 is 4.74 Å². The number of aryl methyl sites for hydroxylation is 1. The van der Waals surface area contributed by atoms with Gasteiger partial charge in [-0.25, -0.2) is 13.5 Å². The van der Waals surface area contributed by atoms with E-state index in [2.05, 4.69) is 15.9 Å². The van der Waals surface area contributed by atoms with E-state index in [0.29, 0.717) is 11.4 Å². The Kier molecular flexibility index (Phi) is 5.10. The summed E-state index contributed by atoms with van der Waals surface area (Å²) in [7, 11) is -2.14. The van der Waals surface area contributed by atoms with Crippen LogP contribution in [0.15, 0.2) is 51.8 Å². The number of methoxy groups -OCH3 is 1. The fourth-order valence-corrected chi connectivity index (χ4v) is 3.63. The molecule has 0 aliphatic carbocycles. The Morgan fingerprint density at radius 1 is 1.18 bits per heavy atom. The summed E-state index contributed by atoms with van der Waals surface area (Å²) in [4.78, 5) is 0.127. The number of sulfone groups is 1. The van der Waals surface area contributed by atoms with Crippen molar-refractivity contribution in [1.29, 1.82) is 0 Å². The van der Waals surface area contributed by atoms with E-state index < -0.39 is 15.7 Å². The zero-order valence-electron chi connectivity index (χ0n) is 12.2. The Labute approximate surface area is 138 Å². The first-order chi connectivity index (χ1) is 10.3. The first-order valence-electron chi connectivity index (χ1n) is 6.43. The average Bonchev–Trinajstić information content (AvgIpc) is 2.46. The maximum atomic E-state index is 12.3. The van der Waals surface area contributed by atoms with Crippen LogP contribution < -0.4 is 9.80 Å². The van der Waals surface area contributed by atoms with Crippen LogP contribution >= 0.6 is 15.9 Å². The summed E-state index contributed by atoms with van der Waals surface area (Å²) in [6.45, 7) is 1.79. The van der Waals surface area contributed by atoms with Gasteiger partial charge >= 0.3 is 0 Å². The molecule has 0 saturated heterocycles. The molecule has 5 nitrogen and oxygen atoms in total. The van der Waals surface area contributed by atoms with Gasteiger partial charge in [0.25, 0.3) is 0 Å². The summed E-state index contributed by atoms with van der Waals surface area (Å²) in [5, 5.41) is 10.8. The molecule has 0 spiro atoms. The van der Waals surface area contributed by atoms with Crippen molar-refractivity contribution in [2.45, 2.75) is 11.8 Å². The first-order valence-corrected chi connectivity index (χ1v) is 8.87. The topological polar surface area (TPSA) is 66.8 Å². The molecule has 0 radical (unpaired) electrons. The molecule has 1 N–H and O–H groups in total. The molecule has 2 rings (SSSR count). The molecule has 0 amide bonds. The Hall–Kier alpha value is -1.57. The minimum atomic E-state index is -3.65. The number of anilines is 1. The SMILES string of the molecule is COc1ccc(S(=O)(=O)CN(O)c2ccc(Br)cc2C)cc1. The van der Waals surface area contributed by atoms with Crippen molar-refractivity contribution < 1.29 is 18.4 Å². The zero-order valence-corrected chi connectivity index (χ0v) is 14.6. The van der Waals surface area contributed by atoms with Crippen molar-refractivity contribution in [2.75, 3.05) is 18.0 Å². The lowest BCUT2D eigenvalue weighted by atomic mass is 10.2. The van der Waals surface area contributed by atoms with Gasteiger partial charge in [-0.1, -0.05) is 15.9 Å². The summed E-state index contributed by atoms with van der Waals surface area (Å²) in [5.41, 5.74) is 1.21. The standard InChI is InChI=1S/C15H16BrNO4S/c1-11-9-12(16)3-8-15(11)17(18)10-22(19,20)14-6-4-13(21-2)5-7-14/h3-9,18H,10H2,1-2H3. The molecule has 0 aromatic heterocycles. The van der Waals surface area contributed by atoms with Crippen molar-refractivity contribution in [3.63, 3.8) is 0 Å². The third-order valence-electron chi connectivity index (χ3n) is 3.15. The normalized spacial score (nSPS) is 11.3. The van der Waals surface area contributed by atoms with Gasteiger partial charge in [-0.2, -0.15) is 0 Å². The highest BCUT2D eigenvalue weighted by molar-refractivity contribution is 9.10. The zero-order chi connectivity index (χ0) is 16.3. The minimum absolute atomic E-state index is 0.127. The van der Waals surface area contributed by atoms with Crippen molar-refractivity contribution in [3.05, 3.63) is 52.5 Å². The minimum Gasteiger partial charge on any atom is -0.497 e. The smallest absolute Gasteiger partial charge is 0.198 e. The molecule has 0 aliphatic heterocycles. The van der Waals surface area contributed by atoms with E-state index >= 15 is 0 Å². The monoisotopic (exact) mass is 385 g/mol. The Morgan fingerprint density at radius 2 is 1.82 bits per heavy atom. The van der Waals surface area contributed by atoms with Gasteiger partial charge in [0.15, 0.2) is 15.7 Å². The molecule has 7 heteroatoms. The van der Waals surface area contributed by atoms with Crippen LogP contribution in [-0.4, -0.2) is 26.6 Å². The van der Waals surface area contributed by atoms with Crippen LogP contribution in [0.25, 0.3) is 0 Å². The molecular weight excluding hydrogens is 370 g/mol. The van der Waals surface area contributed by atoms with Crippen molar-refractivity contribution in [1.82, 2.24) is 0 Å². The Balaban J connectivity index is 2.23. The molecular formula is C15H16BrNO4S. The highest BCUT2D eigenvalue weighted by atomic mass is 79.9. The van der Waals surface area contributed by atoms with Crippen LogP contribution in [0.5, 0.6) is 5.75 Å². The second-order valence-electron chi connectivity index (χ2n) is 4.75. The van der Waals surface area contributed by atoms with E-state index in [0.717, 1.165) is 15.1 Å². The summed E-state index contributed by atoms with van der Waals surface area (Å²) >= 11 is 3.33. The van der Waals surface area contributed by atoms with E-state index in [9.17, 15) is 13.6 Å². The molecule has 2 aromatic rings. The molecule has 0 fully saturated rings. The fraction of sp³-hybridized carbons (Fsp3) is 0.200. The molecule has 0 heterocycles. The van der Waals surface area contributed by atoms with Gasteiger partial charge in [0.2, 0.25) is 0 Å². The average molecular weight is 386 g/mol. The largest absolute Gasteiger partial charge is 0.497 e. The van der Waals surface area contributed by atoms with E-state index in [1.54, 1.807) is 37.3 Å². The van der Waals surface area contributed by atoms with Gasteiger partial charge in [-0.15, -0.1) is 0 Å². The van der Waals surface area contributed by atoms with Gasteiger partial charge in [-0.05, 0) is 55.0 Å². The van der Waals surface area contributed by atoms with Crippen molar-refractivity contribution >= 4 is 31.5 Å². The predicted molar refractivity (Wildman–Crippen MR) is 88.2 cm³/mol. The molecule has 0 bridgehead atoms. The fourth-order valence-electron chi connectivity index (χ4n) is 2.00. The van der Waals surface area contributed by atoms with Gasteiger partial charge in [0.05, 0.1) is 17.7 Å². The highest BCUT2D eigenvalue weighted by Gasteiger charge is 2.20. The number of hydrogen-bond donors (Lipinski definition) is 1. The lowest BCUT2D eigenvalue weighted by Gasteiger charge is -2.19. The maximum Gasteiger partial charge on any atom is 0.198 e. The summed E-state index contributed by atoms with van der Waals surface area (Å²) in [5.74, 6) is 0.0467. The second-order valence-corrected chi connectivity index (χ2v) is 7.62. The van der Waals surface area contributed by atoms with Gasteiger partial charge in [0, 0.05) is 4.47 Å². The third-order valence-corrected chi connectivity index (χ3v) is 5.22. The van der Waals surface area contributed by atoms with Gasteiger partial charge in [0.1, 0.15) is 5.75 Å². The number of halogens is 1. The van der Waals surface area contributed by atoms with Crippen molar-refractivity contribution in [2.24, 2.45) is 0 Å². The molecule has 22 heavy (non-hydrogen) atoms. The number of hydrogen-bond acceptors (Lipinski definition) is 5. The van der Waals surface area contributed by atoms with Crippen molar-refractivity contribution in [3.8, 4) is 5.75 Å². The van der Waals surface area contributed by atoms with Gasteiger partial charge in [-0.3, -0.25) is 5.21 Å². The van der Waals surface area contributed by atoms with Crippen LogP contribution in [0.4, 0.5) is 5.69 Å². The summed E-state index contributed by atoms with van der Waals surface area (Å²) in [6, 6.07) is 11.2. The van der Waals surface area contributed by atoms with E-state index in [4.69, 9.17) is 4.74 Å². The number of benzene rings is 2. The lowest BCUT2D eigenvalue weighted by molar-refractivity contribution is 0.270. The van der Waals surface area contributed by atoms with Crippen LogP contribution in [0, 0.1) is 6.92 Å². The summed E-state index contributed by atoms with van der Waals surface area (Å²) < 4.78 is 30.5. The number of rotatable bonds is 5. The maximum absolute atomic E-state index is 12.3. The second kappa shape index (κ2) is 6.68. The highest BCUT2D eigenvalue weighted by Crippen LogP contribution is 2.25. The van der Waals surface area contributed by atoms with Crippen LogP contribution in [0.3, 0.4) is 0 Å². The first kappa shape index (κ1) is 16.8. The molecule has 118 valence electrons. The molecule has 2 aromatic carbocycles. The Morgan fingerprint density at radius 3 is 2.36 bits per heavy atom. The van der Waals surface area contributed by atoms with E-state index in [-0.39, 0.29) is 4.90 Å². The number of nitrogens with zero attached hydrogens (tertiary/aromatic N) is 1. The van der Waals surface area contributed by atoms with E-state index in [1.807, 2.05) is 0 Å². The molecule has 0 atom stereocenters. The third kappa shape index (κ3) is 3.79. The molecule has 0 saturated carbocycles. The Bertz CT molecular complexity index is 760. The molecule has 0 aliphatic rings. The van der Waals surface area contributed by atoms with Crippen LogP contribution in [0.2, 0.25) is 0 Å². The number of ether oxygens (including phenoxy) is 1. The van der Waals surface area contributed by atoms with Crippen LogP contribution in [-0.2, 0) is 9.84 Å². The number of hydroxylamine groups is 1. The van der Waals surface area contributed by atoms with E-state index in [1.165, 1.54) is 19.2 Å². The lowest BCUT2D eigenvalue weighted by Crippen LogP contribution is -2.27. The molecule has 0 unspecified atom stereocenters. The predicted octanol–water partition coefficient (Wildman–Crippen LogP) is 3.39. The summed E-state index contributed by atoms with van der Waals surface area (Å²) in [6.07, 6.45) is 0. The quantitative estimate of drug-likeness (QED) is 0.798.